The van der Waals surface area contributed by atoms with E-state index in [9.17, 15) is 22.4 Å². The number of alkyl halides is 3. The minimum Gasteiger partial charge on any atom is -0.366 e. The average molecular weight is 232 g/mol. The summed E-state index contributed by atoms with van der Waals surface area (Å²) in [6, 6.07) is 1.89. The van der Waals surface area contributed by atoms with Gasteiger partial charge in [0.05, 0.1) is 16.7 Å². The van der Waals surface area contributed by atoms with E-state index in [1.165, 1.54) is 6.07 Å². The first-order valence-electron chi connectivity index (χ1n) is 3.88. The molecule has 1 aromatic carbocycles. The van der Waals surface area contributed by atoms with Gasteiger partial charge in [-0.2, -0.15) is 18.4 Å². The number of halogens is 4. The highest BCUT2D eigenvalue weighted by Crippen LogP contribution is 2.33. The SMILES string of the molecule is N#Cc1cc(C(N)=O)c(C(F)(F)F)cc1F. The van der Waals surface area contributed by atoms with E-state index in [1.54, 1.807) is 0 Å². The molecule has 1 rings (SSSR count). The lowest BCUT2D eigenvalue weighted by molar-refractivity contribution is -0.138. The fourth-order valence-electron chi connectivity index (χ4n) is 1.10. The largest absolute Gasteiger partial charge is 0.417 e. The molecular weight excluding hydrogens is 228 g/mol. The Bertz CT molecular complexity index is 488. The van der Waals surface area contributed by atoms with Crippen molar-refractivity contribution in [2.45, 2.75) is 6.18 Å². The van der Waals surface area contributed by atoms with Crippen LogP contribution in [0.1, 0.15) is 21.5 Å². The lowest BCUT2D eigenvalue weighted by Gasteiger charge is -2.11. The number of primary amides is 1. The van der Waals surface area contributed by atoms with Gasteiger partial charge in [-0.1, -0.05) is 0 Å². The van der Waals surface area contributed by atoms with Crippen molar-refractivity contribution in [3.8, 4) is 6.07 Å². The van der Waals surface area contributed by atoms with E-state index in [2.05, 4.69) is 0 Å². The van der Waals surface area contributed by atoms with Crippen molar-refractivity contribution in [3.63, 3.8) is 0 Å². The number of rotatable bonds is 1. The summed E-state index contributed by atoms with van der Waals surface area (Å²) >= 11 is 0. The van der Waals surface area contributed by atoms with Crippen LogP contribution in [0.25, 0.3) is 0 Å². The molecule has 0 aliphatic rings. The summed E-state index contributed by atoms with van der Waals surface area (Å²) in [6.07, 6.45) is -4.90. The summed E-state index contributed by atoms with van der Waals surface area (Å²) in [4.78, 5) is 10.7. The predicted molar refractivity (Wildman–Crippen MR) is 44.6 cm³/mol. The molecule has 0 fully saturated rings. The zero-order valence-corrected chi connectivity index (χ0v) is 7.60. The molecule has 0 radical (unpaired) electrons. The van der Waals surface area contributed by atoms with Crippen LogP contribution in [0.3, 0.4) is 0 Å². The fourth-order valence-corrected chi connectivity index (χ4v) is 1.10. The van der Waals surface area contributed by atoms with E-state index < -0.39 is 34.6 Å². The Labute approximate surface area is 87.1 Å². The molecule has 0 saturated heterocycles. The minimum atomic E-state index is -4.90. The number of nitriles is 1. The second kappa shape index (κ2) is 3.81. The highest BCUT2D eigenvalue weighted by Gasteiger charge is 2.36. The van der Waals surface area contributed by atoms with Gasteiger partial charge in [0.15, 0.2) is 0 Å². The number of nitrogens with zero attached hydrogens (tertiary/aromatic N) is 1. The Hall–Kier alpha value is -2.10. The second-order valence-electron chi connectivity index (χ2n) is 2.85. The van der Waals surface area contributed by atoms with Gasteiger partial charge in [-0.05, 0) is 12.1 Å². The molecule has 7 heteroatoms. The summed E-state index contributed by atoms with van der Waals surface area (Å²) in [5, 5.41) is 8.39. The van der Waals surface area contributed by atoms with E-state index in [4.69, 9.17) is 11.0 Å². The lowest BCUT2D eigenvalue weighted by Crippen LogP contribution is -2.19. The van der Waals surface area contributed by atoms with Crippen molar-refractivity contribution in [2.24, 2.45) is 5.73 Å². The smallest absolute Gasteiger partial charge is 0.366 e. The highest BCUT2D eigenvalue weighted by atomic mass is 19.4. The normalized spacial score (nSPS) is 10.9. The summed E-state index contributed by atoms with van der Waals surface area (Å²) < 4.78 is 50.1. The van der Waals surface area contributed by atoms with Gasteiger partial charge in [0.25, 0.3) is 0 Å². The van der Waals surface area contributed by atoms with Crippen molar-refractivity contribution >= 4 is 5.91 Å². The van der Waals surface area contributed by atoms with Gasteiger partial charge >= 0.3 is 6.18 Å². The zero-order valence-electron chi connectivity index (χ0n) is 7.60. The van der Waals surface area contributed by atoms with E-state index in [1.807, 2.05) is 0 Å². The minimum absolute atomic E-state index is 0.0820. The summed E-state index contributed by atoms with van der Waals surface area (Å²) in [5.41, 5.74) is 1.63. The van der Waals surface area contributed by atoms with Crippen LogP contribution in [-0.2, 0) is 6.18 Å². The Morgan fingerprint density at radius 2 is 1.94 bits per heavy atom. The lowest BCUT2D eigenvalue weighted by atomic mass is 10.0. The van der Waals surface area contributed by atoms with E-state index in [0.717, 1.165) is 0 Å². The van der Waals surface area contributed by atoms with Crippen LogP contribution in [0.15, 0.2) is 12.1 Å². The summed E-state index contributed by atoms with van der Waals surface area (Å²) in [6.45, 7) is 0. The number of amides is 1. The van der Waals surface area contributed by atoms with Crippen LogP contribution in [0, 0.1) is 17.1 Å². The monoisotopic (exact) mass is 232 g/mol. The molecule has 84 valence electrons. The number of nitrogens with two attached hydrogens (primary N) is 1. The first-order valence-corrected chi connectivity index (χ1v) is 3.88. The average Bonchev–Trinajstić information content (AvgIpc) is 2.15. The van der Waals surface area contributed by atoms with Crippen molar-refractivity contribution < 1.29 is 22.4 Å². The van der Waals surface area contributed by atoms with E-state index >= 15 is 0 Å². The summed E-state index contributed by atoms with van der Waals surface area (Å²) in [7, 11) is 0. The molecule has 0 unspecified atom stereocenters. The Morgan fingerprint density at radius 1 is 1.38 bits per heavy atom. The third-order valence-corrected chi connectivity index (χ3v) is 1.80. The Balaban J connectivity index is 3.57. The van der Waals surface area contributed by atoms with Crippen LogP contribution in [-0.4, -0.2) is 5.91 Å². The third kappa shape index (κ3) is 2.11. The van der Waals surface area contributed by atoms with Gasteiger partial charge in [-0.15, -0.1) is 0 Å². The van der Waals surface area contributed by atoms with Gasteiger partial charge in [-0.3, -0.25) is 4.79 Å². The maximum absolute atomic E-state index is 12.9. The maximum atomic E-state index is 12.9. The number of hydrogen-bond donors (Lipinski definition) is 1. The number of benzene rings is 1. The number of hydrogen-bond acceptors (Lipinski definition) is 2. The van der Waals surface area contributed by atoms with Crippen molar-refractivity contribution in [1.82, 2.24) is 0 Å². The predicted octanol–water partition coefficient (Wildman–Crippen LogP) is 1.82. The van der Waals surface area contributed by atoms with Crippen molar-refractivity contribution in [2.75, 3.05) is 0 Å². The van der Waals surface area contributed by atoms with Gasteiger partial charge < -0.3 is 5.73 Å². The fraction of sp³-hybridized carbons (Fsp3) is 0.111. The van der Waals surface area contributed by atoms with Crippen LogP contribution in [0.4, 0.5) is 17.6 Å². The topological polar surface area (TPSA) is 66.9 Å². The van der Waals surface area contributed by atoms with E-state index in [-0.39, 0.29) is 6.07 Å². The molecule has 0 saturated carbocycles. The zero-order chi connectivity index (χ0) is 12.5. The molecule has 0 aromatic heterocycles. The number of carbonyl (C=O) groups is 1. The maximum Gasteiger partial charge on any atom is 0.417 e. The standard InChI is InChI=1S/C9H4F4N2O/c10-7-2-6(9(11,12)13)5(8(15)16)1-4(7)3-14/h1-2H,(H2,15,16). The quantitative estimate of drug-likeness (QED) is 0.750. The van der Waals surface area contributed by atoms with Gasteiger partial charge in [0.2, 0.25) is 5.91 Å². The molecule has 16 heavy (non-hydrogen) atoms. The molecule has 3 nitrogen and oxygen atoms in total. The van der Waals surface area contributed by atoms with Gasteiger partial charge in [0.1, 0.15) is 11.9 Å². The van der Waals surface area contributed by atoms with E-state index in [0.29, 0.717) is 6.07 Å². The molecule has 0 atom stereocenters. The molecule has 0 bridgehead atoms. The molecule has 0 aliphatic heterocycles. The molecule has 2 N–H and O–H groups in total. The van der Waals surface area contributed by atoms with Crippen LogP contribution >= 0.6 is 0 Å². The Kier molecular flexibility index (Phi) is 2.85. The second-order valence-corrected chi connectivity index (χ2v) is 2.85. The van der Waals surface area contributed by atoms with Crippen molar-refractivity contribution in [1.29, 1.82) is 5.26 Å². The Morgan fingerprint density at radius 3 is 2.31 bits per heavy atom. The van der Waals surface area contributed by atoms with Gasteiger partial charge in [0, 0.05) is 0 Å². The van der Waals surface area contributed by atoms with Crippen molar-refractivity contribution in [3.05, 3.63) is 34.6 Å². The molecule has 0 aliphatic carbocycles. The molecule has 0 heterocycles. The summed E-state index contributed by atoms with van der Waals surface area (Å²) in [5.74, 6) is -2.72. The van der Waals surface area contributed by atoms with Crippen LogP contribution in [0.5, 0.6) is 0 Å². The molecule has 1 aromatic rings. The number of carbonyl (C=O) groups excluding carboxylic acids is 1. The molecular formula is C9H4F4N2O. The third-order valence-electron chi connectivity index (χ3n) is 1.80. The first-order chi connectivity index (χ1) is 7.27. The van der Waals surface area contributed by atoms with Crippen LogP contribution < -0.4 is 5.73 Å². The van der Waals surface area contributed by atoms with Crippen LogP contribution in [0.2, 0.25) is 0 Å². The van der Waals surface area contributed by atoms with Gasteiger partial charge in [-0.25, -0.2) is 4.39 Å². The highest BCUT2D eigenvalue weighted by molar-refractivity contribution is 5.95. The molecule has 0 spiro atoms. The molecule has 1 amide bonds. The first kappa shape index (κ1) is 12.0.